The number of Topliss-reactive ketones (excluding diaryl/α,β-unsaturated/α-hetero) is 1. The minimum absolute atomic E-state index is 0.0527. The number of urea groups is 1. The molecule has 0 saturated carbocycles. The first kappa shape index (κ1) is 16.5. The maximum Gasteiger partial charge on any atom is 0.338 e. The van der Waals surface area contributed by atoms with Crippen LogP contribution in [0.4, 0.5) is 14.9 Å². The number of halogens is 1. The SMILES string of the molecule is CC=CCN1C(=O)C(C(C)=O)C(=O)N(c2ccc(F)cc2)C1=O. The topological polar surface area (TPSA) is 74.8 Å². The summed E-state index contributed by atoms with van der Waals surface area (Å²) in [5, 5.41) is 0. The highest BCUT2D eigenvalue weighted by molar-refractivity contribution is 6.34. The Morgan fingerprint density at radius 1 is 1.17 bits per heavy atom. The number of carbonyl (C=O) groups is 4. The van der Waals surface area contributed by atoms with E-state index in [4.69, 9.17) is 0 Å². The normalized spacial score (nSPS) is 18.9. The maximum atomic E-state index is 13.0. The van der Waals surface area contributed by atoms with Crippen LogP contribution in [0, 0.1) is 11.7 Å². The van der Waals surface area contributed by atoms with Crippen LogP contribution in [0.2, 0.25) is 0 Å². The van der Waals surface area contributed by atoms with Gasteiger partial charge in [0.1, 0.15) is 5.82 Å². The number of nitrogens with zero attached hydrogens (tertiary/aromatic N) is 2. The monoisotopic (exact) mass is 318 g/mol. The lowest BCUT2D eigenvalue weighted by molar-refractivity contribution is -0.145. The van der Waals surface area contributed by atoms with Crippen molar-refractivity contribution in [1.82, 2.24) is 4.90 Å². The summed E-state index contributed by atoms with van der Waals surface area (Å²) in [4.78, 5) is 50.4. The van der Waals surface area contributed by atoms with E-state index in [0.29, 0.717) is 0 Å². The molecule has 1 unspecified atom stereocenters. The standard InChI is InChI=1S/C16H15FN2O4/c1-3-4-9-18-14(21)13(10(2)20)15(22)19(16(18)23)12-7-5-11(17)6-8-12/h3-8,13H,9H2,1-2H3. The first-order valence-electron chi connectivity index (χ1n) is 6.95. The van der Waals surface area contributed by atoms with Gasteiger partial charge in [0.05, 0.1) is 5.69 Å². The van der Waals surface area contributed by atoms with Crippen molar-refractivity contribution < 1.29 is 23.6 Å². The zero-order valence-electron chi connectivity index (χ0n) is 12.7. The molecule has 0 spiro atoms. The van der Waals surface area contributed by atoms with Gasteiger partial charge in [-0.2, -0.15) is 0 Å². The van der Waals surface area contributed by atoms with Crippen molar-refractivity contribution in [2.24, 2.45) is 5.92 Å². The van der Waals surface area contributed by atoms with Crippen LogP contribution in [0.5, 0.6) is 0 Å². The van der Waals surface area contributed by atoms with Gasteiger partial charge in [0.25, 0.3) is 11.8 Å². The molecule has 0 aromatic heterocycles. The van der Waals surface area contributed by atoms with Gasteiger partial charge in [-0.3, -0.25) is 19.3 Å². The largest absolute Gasteiger partial charge is 0.338 e. The summed E-state index contributed by atoms with van der Waals surface area (Å²) in [5.41, 5.74) is 0.102. The van der Waals surface area contributed by atoms with Crippen molar-refractivity contribution in [3.05, 3.63) is 42.2 Å². The molecule has 1 fully saturated rings. The fourth-order valence-corrected chi connectivity index (χ4v) is 2.25. The number of benzene rings is 1. The van der Waals surface area contributed by atoms with Gasteiger partial charge in [0.15, 0.2) is 11.7 Å². The highest BCUT2D eigenvalue weighted by Crippen LogP contribution is 2.25. The molecule has 1 aromatic rings. The molecule has 1 aliphatic heterocycles. The minimum Gasteiger partial charge on any atom is -0.299 e. The van der Waals surface area contributed by atoms with Crippen molar-refractivity contribution in [3.63, 3.8) is 0 Å². The van der Waals surface area contributed by atoms with Gasteiger partial charge in [-0.25, -0.2) is 14.1 Å². The van der Waals surface area contributed by atoms with Crippen LogP contribution < -0.4 is 4.90 Å². The Balaban J connectivity index is 2.48. The fourth-order valence-electron chi connectivity index (χ4n) is 2.25. The lowest BCUT2D eigenvalue weighted by atomic mass is 9.98. The minimum atomic E-state index is -1.57. The summed E-state index contributed by atoms with van der Waals surface area (Å²) in [5.74, 6) is -4.51. The van der Waals surface area contributed by atoms with Gasteiger partial charge in [-0.05, 0) is 38.1 Å². The van der Waals surface area contributed by atoms with Crippen molar-refractivity contribution in [2.45, 2.75) is 13.8 Å². The molecule has 6 nitrogen and oxygen atoms in total. The van der Waals surface area contributed by atoms with E-state index < -0.39 is 35.4 Å². The van der Waals surface area contributed by atoms with Gasteiger partial charge in [0.2, 0.25) is 0 Å². The van der Waals surface area contributed by atoms with Crippen molar-refractivity contribution in [3.8, 4) is 0 Å². The quantitative estimate of drug-likeness (QED) is 0.628. The number of ketones is 1. The molecule has 1 atom stereocenters. The number of carbonyl (C=O) groups excluding carboxylic acids is 4. The number of amides is 4. The van der Waals surface area contributed by atoms with Crippen LogP contribution in [-0.2, 0) is 14.4 Å². The number of imide groups is 2. The van der Waals surface area contributed by atoms with Crippen molar-refractivity contribution >= 4 is 29.3 Å². The van der Waals surface area contributed by atoms with E-state index in [2.05, 4.69) is 0 Å². The predicted molar refractivity (Wildman–Crippen MR) is 80.0 cm³/mol. The van der Waals surface area contributed by atoms with Crippen LogP contribution in [0.25, 0.3) is 0 Å². The van der Waals surface area contributed by atoms with E-state index in [0.717, 1.165) is 28.9 Å². The summed E-state index contributed by atoms with van der Waals surface area (Å²) in [6.45, 7) is 2.78. The molecule has 0 aliphatic carbocycles. The third-order valence-corrected chi connectivity index (χ3v) is 3.42. The smallest absolute Gasteiger partial charge is 0.299 e. The van der Waals surface area contributed by atoms with Crippen LogP contribution in [0.3, 0.4) is 0 Å². The molecule has 0 radical (unpaired) electrons. The lowest BCUT2D eigenvalue weighted by Crippen LogP contribution is -2.61. The van der Waals surface area contributed by atoms with Crippen molar-refractivity contribution in [1.29, 1.82) is 0 Å². The predicted octanol–water partition coefficient (Wildman–Crippen LogP) is 1.90. The zero-order valence-corrected chi connectivity index (χ0v) is 12.7. The van der Waals surface area contributed by atoms with Gasteiger partial charge in [-0.1, -0.05) is 12.2 Å². The zero-order chi connectivity index (χ0) is 17.1. The van der Waals surface area contributed by atoms with E-state index in [1.165, 1.54) is 12.1 Å². The van der Waals surface area contributed by atoms with Crippen LogP contribution in [0.1, 0.15) is 13.8 Å². The van der Waals surface area contributed by atoms with Crippen LogP contribution in [0.15, 0.2) is 36.4 Å². The fraction of sp³-hybridized carbons (Fsp3) is 0.250. The molecule has 1 saturated heterocycles. The van der Waals surface area contributed by atoms with E-state index >= 15 is 0 Å². The van der Waals surface area contributed by atoms with E-state index in [1.807, 2.05) is 0 Å². The first-order chi connectivity index (χ1) is 10.9. The molecule has 2 rings (SSSR count). The van der Waals surface area contributed by atoms with E-state index in [9.17, 15) is 23.6 Å². The summed E-state index contributed by atoms with van der Waals surface area (Å²) < 4.78 is 13.0. The Kier molecular flexibility index (Phi) is 4.68. The van der Waals surface area contributed by atoms with Crippen molar-refractivity contribution in [2.75, 3.05) is 11.4 Å². The van der Waals surface area contributed by atoms with Crippen LogP contribution >= 0.6 is 0 Å². The molecule has 1 aromatic carbocycles. The summed E-state index contributed by atoms with van der Waals surface area (Å²) in [7, 11) is 0. The molecule has 4 amide bonds. The molecule has 1 heterocycles. The Labute approximate surface area is 132 Å². The van der Waals surface area contributed by atoms with E-state index in [1.54, 1.807) is 19.1 Å². The molecule has 23 heavy (non-hydrogen) atoms. The number of anilines is 1. The molecular formula is C16H15FN2O4. The number of allylic oxidation sites excluding steroid dienone is 1. The highest BCUT2D eigenvalue weighted by Gasteiger charge is 2.48. The van der Waals surface area contributed by atoms with E-state index in [-0.39, 0.29) is 12.2 Å². The second-order valence-corrected chi connectivity index (χ2v) is 4.99. The molecular weight excluding hydrogens is 303 g/mol. The molecule has 0 bridgehead atoms. The summed E-state index contributed by atoms with van der Waals surface area (Å²) in [6.07, 6.45) is 3.20. The first-order valence-corrected chi connectivity index (χ1v) is 6.95. The number of rotatable bonds is 4. The molecule has 120 valence electrons. The highest BCUT2D eigenvalue weighted by atomic mass is 19.1. The number of barbiturate groups is 1. The summed E-state index contributed by atoms with van der Waals surface area (Å²) in [6, 6.07) is 3.80. The second kappa shape index (κ2) is 6.51. The Morgan fingerprint density at radius 3 is 2.30 bits per heavy atom. The lowest BCUT2D eigenvalue weighted by Gasteiger charge is -2.35. The Bertz CT molecular complexity index is 697. The second-order valence-electron chi connectivity index (χ2n) is 4.99. The van der Waals surface area contributed by atoms with Gasteiger partial charge in [-0.15, -0.1) is 0 Å². The number of hydrogen-bond donors (Lipinski definition) is 0. The molecule has 7 heteroatoms. The van der Waals surface area contributed by atoms with Gasteiger partial charge < -0.3 is 0 Å². The average Bonchev–Trinajstić information content (AvgIpc) is 2.48. The molecule has 0 N–H and O–H groups in total. The summed E-state index contributed by atoms with van der Waals surface area (Å²) >= 11 is 0. The van der Waals surface area contributed by atoms with Gasteiger partial charge >= 0.3 is 6.03 Å². The Hall–Kier alpha value is -2.83. The maximum absolute atomic E-state index is 13.0. The van der Waals surface area contributed by atoms with Gasteiger partial charge in [0, 0.05) is 6.54 Å². The Morgan fingerprint density at radius 2 is 1.78 bits per heavy atom. The molecule has 1 aliphatic rings. The third kappa shape index (κ3) is 3.03. The average molecular weight is 318 g/mol. The van der Waals surface area contributed by atoms with Crippen LogP contribution in [-0.4, -0.2) is 35.1 Å². The third-order valence-electron chi connectivity index (χ3n) is 3.42. The number of hydrogen-bond acceptors (Lipinski definition) is 4.